The van der Waals surface area contributed by atoms with Crippen LogP contribution in [0.15, 0.2) is 17.6 Å². The summed E-state index contributed by atoms with van der Waals surface area (Å²) in [6, 6.07) is 2.37. The number of rotatable bonds is 4. The number of hydrogen-bond acceptors (Lipinski definition) is 4. The van der Waals surface area contributed by atoms with E-state index in [1.54, 1.807) is 11.1 Å². The fourth-order valence-electron chi connectivity index (χ4n) is 2.13. The number of thiazole rings is 1. The predicted molar refractivity (Wildman–Crippen MR) is 74.7 cm³/mol. The van der Waals surface area contributed by atoms with Gasteiger partial charge in [0.25, 0.3) is 5.91 Å². The molecule has 1 fully saturated rings. The lowest BCUT2D eigenvalue weighted by molar-refractivity contribution is 0.0982. The van der Waals surface area contributed by atoms with Crippen LogP contribution in [0.4, 0.5) is 5.13 Å². The van der Waals surface area contributed by atoms with Crippen molar-refractivity contribution in [3.05, 3.63) is 29.0 Å². The summed E-state index contributed by atoms with van der Waals surface area (Å²) in [6.45, 7) is 4.55. The van der Waals surface area contributed by atoms with E-state index in [2.05, 4.69) is 10.1 Å². The van der Waals surface area contributed by atoms with Crippen LogP contribution in [0.25, 0.3) is 0 Å². The number of hydrogen-bond donors (Lipinski definition) is 0. The zero-order valence-electron chi connectivity index (χ0n) is 11.0. The Morgan fingerprint density at radius 1 is 1.58 bits per heavy atom. The molecule has 1 aliphatic rings. The van der Waals surface area contributed by atoms with Crippen molar-refractivity contribution in [1.29, 1.82) is 0 Å². The molecule has 19 heavy (non-hydrogen) atoms. The van der Waals surface area contributed by atoms with Crippen molar-refractivity contribution in [2.75, 3.05) is 11.4 Å². The third-order valence-corrected chi connectivity index (χ3v) is 4.04. The van der Waals surface area contributed by atoms with Crippen LogP contribution in [0.1, 0.15) is 42.0 Å². The Bertz CT molecular complexity index is 586. The van der Waals surface area contributed by atoms with Crippen LogP contribution in [0.5, 0.6) is 0 Å². The molecule has 0 spiro atoms. The van der Waals surface area contributed by atoms with Crippen LogP contribution in [0, 0.1) is 6.92 Å². The summed E-state index contributed by atoms with van der Waals surface area (Å²) in [5, 5.41) is 7.05. The van der Waals surface area contributed by atoms with E-state index in [4.69, 9.17) is 0 Å². The molecule has 0 N–H and O–H groups in total. The van der Waals surface area contributed by atoms with Gasteiger partial charge < -0.3 is 0 Å². The Kier molecular flexibility index (Phi) is 3.10. The third-order valence-electron chi connectivity index (χ3n) is 3.25. The lowest BCUT2D eigenvalue weighted by Crippen LogP contribution is -2.30. The van der Waals surface area contributed by atoms with Gasteiger partial charge in [0.05, 0.1) is 6.04 Å². The van der Waals surface area contributed by atoms with Gasteiger partial charge in [-0.15, -0.1) is 11.3 Å². The molecule has 0 saturated heterocycles. The molecule has 6 heteroatoms. The van der Waals surface area contributed by atoms with E-state index in [1.165, 1.54) is 24.2 Å². The molecule has 0 atom stereocenters. The van der Waals surface area contributed by atoms with Crippen molar-refractivity contribution in [2.45, 2.75) is 32.7 Å². The number of carbonyl (C=O) groups is 1. The molecule has 0 unspecified atom stereocenters. The topological polar surface area (TPSA) is 51.0 Å². The van der Waals surface area contributed by atoms with E-state index in [0.717, 1.165) is 10.8 Å². The smallest absolute Gasteiger partial charge is 0.280 e. The maximum absolute atomic E-state index is 12.5. The second kappa shape index (κ2) is 4.77. The van der Waals surface area contributed by atoms with Crippen LogP contribution < -0.4 is 4.90 Å². The largest absolute Gasteiger partial charge is 0.283 e. The minimum Gasteiger partial charge on any atom is -0.283 e. The predicted octanol–water partition coefficient (Wildman–Crippen LogP) is 2.65. The highest BCUT2D eigenvalue weighted by Crippen LogP contribution is 2.35. The van der Waals surface area contributed by atoms with Crippen LogP contribution >= 0.6 is 11.3 Å². The average Bonchev–Trinajstić information content (AvgIpc) is 2.95. The lowest BCUT2D eigenvalue weighted by atomic mass is 10.3. The third kappa shape index (κ3) is 2.28. The average molecular weight is 276 g/mol. The molecule has 2 heterocycles. The number of anilines is 1. The zero-order chi connectivity index (χ0) is 13.4. The second-order valence-corrected chi connectivity index (χ2v) is 5.58. The normalized spacial score (nSPS) is 14.6. The summed E-state index contributed by atoms with van der Waals surface area (Å²) in [5.74, 6) is -0.0695. The fraction of sp³-hybridized carbons (Fsp3) is 0.462. The van der Waals surface area contributed by atoms with E-state index in [-0.39, 0.29) is 5.91 Å². The summed E-state index contributed by atoms with van der Waals surface area (Å²) >= 11 is 1.47. The van der Waals surface area contributed by atoms with Crippen molar-refractivity contribution in [3.63, 3.8) is 0 Å². The van der Waals surface area contributed by atoms with Crippen molar-refractivity contribution in [3.8, 4) is 0 Å². The molecule has 2 aromatic rings. The summed E-state index contributed by atoms with van der Waals surface area (Å²) < 4.78 is 1.98. The number of aryl methyl sites for hydroxylation is 1. The first-order valence-electron chi connectivity index (χ1n) is 6.48. The monoisotopic (exact) mass is 276 g/mol. The molecule has 0 aromatic carbocycles. The molecular weight excluding hydrogens is 260 g/mol. The molecule has 1 aliphatic carbocycles. The van der Waals surface area contributed by atoms with Crippen molar-refractivity contribution in [2.24, 2.45) is 0 Å². The molecule has 1 saturated carbocycles. The highest BCUT2D eigenvalue weighted by molar-refractivity contribution is 7.13. The van der Waals surface area contributed by atoms with Crippen LogP contribution in [0.3, 0.4) is 0 Å². The first-order chi connectivity index (χ1) is 9.20. The van der Waals surface area contributed by atoms with Gasteiger partial charge >= 0.3 is 0 Å². The summed E-state index contributed by atoms with van der Waals surface area (Å²) in [5.41, 5.74) is 1.57. The Balaban J connectivity index is 1.88. The summed E-state index contributed by atoms with van der Waals surface area (Å²) in [4.78, 5) is 18.4. The molecule has 100 valence electrons. The van der Waals surface area contributed by atoms with Gasteiger partial charge in [0, 0.05) is 23.8 Å². The zero-order valence-corrected chi connectivity index (χ0v) is 11.9. The number of carbonyl (C=O) groups excluding carboxylic acids is 1. The molecule has 1 amide bonds. The van der Waals surface area contributed by atoms with Crippen molar-refractivity contribution < 1.29 is 4.79 Å². The molecule has 0 bridgehead atoms. The van der Waals surface area contributed by atoms with E-state index in [9.17, 15) is 4.79 Å². The van der Waals surface area contributed by atoms with Crippen LogP contribution in [-0.2, 0) is 0 Å². The van der Waals surface area contributed by atoms with Crippen molar-refractivity contribution in [1.82, 2.24) is 14.8 Å². The Labute approximate surface area is 115 Å². The van der Waals surface area contributed by atoms with Gasteiger partial charge in [0.15, 0.2) is 10.8 Å². The van der Waals surface area contributed by atoms with E-state index in [0.29, 0.717) is 18.3 Å². The van der Waals surface area contributed by atoms with Gasteiger partial charge in [-0.2, -0.15) is 5.10 Å². The standard InChI is InChI=1S/C13H16N4OS/c1-3-16(13-14-6-7-19-13)12(18)11-8-9(2)17(15-11)10-4-5-10/h6-8,10H,3-5H2,1-2H3. The quantitative estimate of drug-likeness (QED) is 0.862. The van der Waals surface area contributed by atoms with Gasteiger partial charge in [-0.25, -0.2) is 4.98 Å². The lowest BCUT2D eigenvalue weighted by Gasteiger charge is -2.15. The van der Waals surface area contributed by atoms with Gasteiger partial charge in [0.1, 0.15) is 0 Å². The van der Waals surface area contributed by atoms with E-state index in [1.807, 2.05) is 30.0 Å². The first-order valence-corrected chi connectivity index (χ1v) is 7.36. The maximum Gasteiger partial charge on any atom is 0.280 e. The molecule has 0 aliphatic heterocycles. The molecular formula is C13H16N4OS. The Morgan fingerprint density at radius 2 is 2.37 bits per heavy atom. The number of nitrogens with zero attached hydrogens (tertiary/aromatic N) is 4. The SMILES string of the molecule is CCN(C(=O)c1cc(C)n(C2CC2)n1)c1nccs1. The summed E-state index contributed by atoms with van der Waals surface area (Å²) in [7, 11) is 0. The van der Waals surface area contributed by atoms with E-state index < -0.39 is 0 Å². The molecule has 5 nitrogen and oxygen atoms in total. The van der Waals surface area contributed by atoms with Gasteiger partial charge in [-0.05, 0) is 32.8 Å². The minimum absolute atomic E-state index is 0.0695. The highest BCUT2D eigenvalue weighted by Gasteiger charge is 2.28. The Hall–Kier alpha value is -1.69. The minimum atomic E-state index is -0.0695. The fourth-order valence-corrected chi connectivity index (χ4v) is 2.84. The second-order valence-electron chi connectivity index (χ2n) is 4.71. The summed E-state index contributed by atoms with van der Waals surface area (Å²) in [6.07, 6.45) is 4.05. The maximum atomic E-state index is 12.5. The first kappa shape index (κ1) is 12.3. The Morgan fingerprint density at radius 3 is 2.95 bits per heavy atom. The number of aromatic nitrogens is 3. The van der Waals surface area contributed by atoms with Gasteiger partial charge in [-0.1, -0.05) is 0 Å². The van der Waals surface area contributed by atoms with Crippen LogP contribution in [0.2, 0.25) is 0 Å². The highest BCUT2D eigenvalue weighted by atomic mass is 32.1. The molecule has 2 aromatic heterocycles. The van der Waals surface area contributed by atoms with Gasteiger partial charge in [-0.3, -0.25) is 14.4 Å². The van der Waals surface area contributed by atoms with E-state index >= 15 is 0 Å². The molecule has 3 rings (SSSR count). The number of amides is 1. The van der Waals surface area contributed by atoms with Crippen LogP contribution in [-0.4, -0.2) is 27.2 Å². The van der Waals surface area contributed by atoms with Gasteiger partial charge in [0.2, 0.25) is 0 Å². The van der Waals surface area contributed by atoms with Crippen molar-refractivity contribution >= 4 is 22.4 Å². The molecule has 0 radical (unpaired) electrons.